The Kier molecular flexibility index (Phi) is 40.0. The zero-order valence-corrected chi connectivity index (χ0v) is 69.7. The first-order valence-electron chi connectivity index (χ1n) is 30.9. The number of carbonyl (C=O) groups is 2. The van der Waals surface area contributed by atoms with Crippen molar-refractivity contribution in [2.45, 2.75) is 143 Å². The Morgan fingerprint density at radius 1 is 0.509 bits per heavy atom. The molecular weight excluding hydrogens is 1690 g/mol. The highest BCUT2D eigenvalue weighted by Gasteiger charge is 2.32. The van der Waals surface area contributed by atoms with Crippen molar-refractivity contribution in [2.24, 2.45) is 0 Å². The van der Waals surface area contributed by atoms with Gasteiger partial charge in [0.1, 0.15) is 23.5 Å². The monoisotopic (exact) mass is 1750 g/mol. The molecule has 0 saturated heterocycles. The number of ether oxygens (including phenoxy) is 2. The Morgan fingerprint density at radius 3 is 1.29 bits per heavy atom. The average Bonchev–Trinajstić information content (AvgIpc) is 0.803. The minimum atomic E-state index is -1.36. The van der Waals surface area contributed by atoms with Crippen molar-refractivity contribution >= 4 is 203 Å². The lowest BCUT2D eigenvalue weighted by Gasteiger charge is -2.22. The highest BCUT2D eigenvalue weighted by Crippen LogP contribution is 2.40. The number of nitrogen functional groups attached to an aromatic ring is 3. The number of nitro groups is 2. The second-order valence-electron chi connectivity index (χ2n) is 25.0. The number of aromatic amines is 1. The molecule has 0 aliphatic rings. The third kappa shape index (κ3) is 31.7. The van der Waals surface area contributed by atoms with E-state index in [2.05, 4.69) is 36.7 Å². The predicted molar refractivity (Wildman–Crippen MR) is 430 cm³/mol. The van der Waals surface area contributed by atoms with Crippen LogP contribution >= 0.6 is 162 Å². The van der Waals surface area contributed by atoms with E-state index in [0.717, 1.165) is 41.0 Å². The lowest BCUT2D eigenvalue weighted by atomic mass is 9.94. The minimum absolute atomic E-state index is 0.000633. The van der Waals surface area contributed by atoms with Gasteiger partial charge in [-0.15, -0.1) is 15.3 Å². The van der Waals surface area contributed by atoms with Crippen molar-refractivity contribution in [3.63, 3.8) is 0 Å². The molecule has 0 aliphatic heterocycles. The summed E-state index contributed by atoms with van der Waals surface area (Å²) in [7, 11) is 0. The van der Waals surface area contributed by atoms with Crippen LogP contribution in [0.1, 0.15) is 169 Å². The average molecular weight is 1760 g/mol. The molecule has 5 aromatic carbocycles. The summed E-state index contributed by atoms with van der Waals surface area (Å²) in [6, 6.07) is 26.9. The highest BCUT2D eigenvalue weighted by atomic mass is 35.5. The summed E-state index contributed by atoms with van der Waals surface area (Å²) in [5.74, 6) is -2.78. The van der Waals surface area contributed by atoms with Crippen molar-refractivity contribution in [1.29, 1.82) is 21.0 Å². The fourth-order valence-electron chi connectivity index (χ4n) is 8.35. The Morgan fingerprint density at radius 2 is 0.907 bits per heavy atom. The van der Waals surface area contributed by atoms with E-state index in [-0.39, 0.29) is 72.3 Å². The quantitative estimate of drug-likeness (QED) is 0.0274. The first-order valence-corrected chi connectivity index (χ1v) is 36.2. The van der Waals surface area contributed by atoms with Crippen LogP contribution in [0.5, 0.6) is 0 Å². The Hall–Kier alpha value is -7.70. The molecular formula is C70H67Cl14N15O9. The van der Waals surface area contributed by atoms with Gasteiger partial charge >= 0.3 is 11.9 Å². The number of nitrogens with two attached hydrogens (primary N) is 3. The van der Waals surface area contributed by atoms with Gasteiger partial charge in [0.2, 0.25) is 0 Å². The summed E-state index contributed by atoms with van der Waals surface area (Å²) in [6.45, 7) is 22.2. The van der Waals surface area contributed by atoms with Crippen molar-refractivity contribution in [1.82, 2.24) is 30.6 Å². The van der Waals surface area contributed by atoms with Gasteiger partial charge in [-0.25, -0.2) is 5.10 Å². The molecule has 8 rings (SSSR count). The molecule has 24 nitrogen and oxygen atoms in total. The van der Waals surface area contributed by atoms with Crippen LogP contribution in [0.15, 0.2) is 83.7 Å². The van der Waals surface area contributed by atoms with Gasteiger partial charge in [0.15, 0.2) is 21.4 Å². The Bertz CT molecular complexity index is 4680. The number of esters is 2. The SMILES string of the molecule is CC(C)(C)OC(=O)C(C#N)c1c(Cl)cc([N+](=O)[O-])cc1Cl.CC(C)(C)OC(=O)CC#N.CC(C)c1cc(C(C#N)c2c(Cl)cc(N)cc2Cl)nnc1Cl.CC(C)c1cc(Cc2c(Cl)cc(N)cc2Cl)n[nH]c1=O.CC(C)c1cc(Cl)nnc1Cl.N#CCc1c(Cl)cc(N)cc1Cl.O=[N+]([O-])c1cc(Cl)c(Cl)c(Cl)c1. The topological polar surface area (TPSA) is 409 Å². The molecule has 0 fully saturated rings. The van der Waals surface area contributed by atoms with Crippen molar-refractivity contribution < 1.29 is 28.9 Å². The summed E-state index contributed by atoms with van der Waals surface area (Å²) >= 11 is 82.2. The number of H-pyrrole nitrogens is 1. The first-order chi connectivity index (χ1) is 50.0. The van der Waals surface area contributed by atoms with E-state index in [1.165, 1.54) is 0 Å². The molecule has 3 heterocycles. The van der Waals surface area contributed by atoms with Crippen LogP contribution in [0.25, 0.3) is 0 Å². The number of nitrogens with one attached hydrogen (secondary N) is 1. The van der Waals surface area contributed by atoms with Crippen LogP contribution < -0.4 is 22.8 Å². The maximum absolute atomic E-state index is 12.0. The van der Waals surface area contributed by atoms with Gasteiger partial charge in [0, 0.05) is 100 Å². The van der Waals surface area contributed by atoms with Crippen molar-refractivity contribution in [3.8, 4) is 24.3 Å². The number of non-ortho nitro benzene ring substituents is 2. The molecule has 3 aromatic heterocycles. The van der Waals surface area contributed by atoms with Crippen LogP contribution in [0, 0.1) is 65.6 Å². The zero-order valence-electron chi connectivity index (χ0n) is 59.1. The normalized spacial score (nSPS) is 11.1. The number of aromatic nitrogens is 6. The van der Waals surface area contributed by atoms with Gasteiger partial charge in [-0.2, -0.15) is 31.2 Å². The van der Waals surface area contributed by atoms with E-state index >= 15 is 0 Å². The highest BCUT2D eigenvalue weighted by molar-refractivity contribution is 6.48. The number of rotatable bonds is 13. The molecule has 0 bridgehead atoms. The number of anilines is 3. The maximum atomic E-state index is 12.0. The lowest BCUT2D eigenvalue weighted by Crippen LogP contribution is -2.27. The number of hydrogen-bond donors (Lipinski definition) is 4. The molecule has 0 spiro atoms. The van der Waals surface area contributed by atoms with E-state index in [1.807, 2.05) is 47.6 Å². The maximum Gasteiger partial charge on any atom is 0.328 e. The summed E-state index contributed by atoms with van der Waals surface area (Å²) in [6.07, 6.45) is 0.476. The van der Waals surface area contributed by atoms with Crippen LogP contribution in [0.4, 0.5) is 28.4 Å². The van der Waals surface area contributed by atoms with E-state index in [1.54, 1.807) is 108 Å². The van der Waals surface area contributed by atoms with Crippen LogP contribution in [-0.2, 0) is 31.9 Å². The van der Waals surface area contributed by atoms with E-state index < -0.39 is 44.8 Å². The molecule has 0 amide bonds. The van der Waals surface area contributed by atoms with Crippen molar-refractivity contribution in [2.75, 3.05) is 17.2 Å². The number of nitrogens with zero attached hydrogens (tertiary/aromatic N) is 11. The predicted octanol–water partition coefficient (Wildman–Crippen LogP) is 22.4. The van der Waals surface area contributed by atoms with E-state index in [9.17, 15) is 45.1 Å². The van der Waals surface area contributed by atoms with E-state index in [0.29, 0.717) is 103 Å². The summed E-state index contributed by atoms with van der Waals surface area (Å²) in [5, 5.41) is 81.7. The number of halogens is 14. The molecule has 8 aromatic rings. The molecule has 2 atom stereocenters. The number of hydrogen-bond acceptors (Lipinski definition) is 21. The van der Waals surface area contributed by atoms with Crippen molar-refractivity contribution in [3.05, 3.63) is 230 Å². The molecule has 38 heteroatoms. The van der Waals surface area contributed by atoms with Gasteiger partial charge in [-0.05, 0) is 131 Å². The summed E-state index contributed by atoms with van der Waals surface area (Å²) in [4.78, 5) is 54.0. The molecule has 108 heavy (non-hydrogen) atoms. The van der Waals surface area contributed by atoms with E-state index in [4.69, 9.17) is 200 Å². The summed E-state index contributed by atoms with van der Waals surface area (Å²) in [5.41, 5.74) is 21.8. The number of nitriles is 4. The Labute approximate surface area is 692 Å². The first kappa shape index (κ1) is 96.4. The molecule has 0 saturated carbocycles. The van der Waals surface area contributed by atoms with Crippen LogP contribution in [0.3, 0.4) is 0 Å². The Balaban J connectivity index is 0.000000437. The smallest absolute Gasteiger partial charge is 0.328 e. The van der Waals surface area contributed by atoms with Gasteiger partial charge in [-0.1, -0.05) is 204 Å². The number of nitro benzene ring substituents is 2. The number of benzene rings is 5. The second kappa shape index (κ2) is 44.8. The fraction of sp³-hybridized carbons (Fsp3) is 0.314. The standard InChI is InChI=1S/C15H13Cl3N4.C14H15Cl2N3O.C13H12Cl2N2O4.C8H6Cl2N2.C7H8Cl2N2.C7H11NO2.C6H2Cl3NO2/c1-7(2)9-5-13(21-22-15(9)18)10(6-19)14-11(16)3-8(20)4-12(14)17;1-7(2)10-5-9(18-19-14(10)20)6-11-12(15)3-8(17)4-13(11)16;1-13(2,3)21-12(18)8(6-16)11-9(14)4-7(17(19)20)5-10(11)15;9-7-3-5(12)4-8(10)6(7)1-2-11;1-4(2)5-3-6(8)10-11-7(5)9;1-7(2,3)10-6(9)4-5-8;7-4-1-3(10(11)12)2-5(8)6(4)9/h3-5,7,10H,20H2,1-2H3;3-5,7H,6,17H2,1-2H3,(H,19,20);4-5,8H,1-3H3;3-4H,1,12H2;3-4H,1-2H3;4H2,1-3H3;1-2H. The van der Waals surface area contributed by atoms with Gasteiger partial charge in [-0.3, -0.25) is 34.6 Å². The molecule has 574 valence electrons. The van der Waals surface area contributed by atoms with Crippen LogP contribution in [0.2, 0.25) is 70.7 Å². The lowest BCUT2D eigenvalue weighted by molar-refractivity contribution is -0.385. The third-order valence-electron chi connectivity index (χ3n) is 13.2. The minimum Gasteiger partial charge on any atom is -0.459 e. The van der Waals surface area contributed by atoms with Gasteiger partial charge in [0.05, 0.1) is 77.0 Å². The number of carbonyl (C=O) groups excluding carboxylic acids is 2. The second-order valence-corrected chi connectivity index (χ2v) is 30.6. The molecule has 0 aliphatic carbocycles. The summed E-state index contributed by atoms with van der Waals surface area (Å²) < 4.78 is 9.94. The fourth-order valence-corrected chi connectivity index (χ4v) is 12.4. The van der Waals surface area contributed by atoms with Gasteiger partial charge < -0.3 is 26.7 Å². The zero-order chi connectivity index (χ0) is 82.7. The largest absolute Gasteiger partial charge is 0.459 e. The van der Waals surface area contributed by atoms with Crippen LogP contribution in [-0.4, -0.2) is 63.6 Å². The molecule has 2 unspecified atom stereocenters. The molecule has 7 N–H and O–H groups in total. The third-order valence-corrected chi connectivity index (χ3v) is 17.8. The molecule has 0 radical (unpaired) electrons. The van der Waals surface area contributed by atoms with Gasteiger partial charge in [0.25, 0.3) is 16.9 Å².